The number of nitrogens with zero attached hydrogens (tertiary/aromatic N) is 2. The molecule has 8 nitrogen and oxygen atoms in total. The van der Waals surface area contributed by atoms with Gasteiger partial charge in [0.05, 0.1) is 4.90 Å². The highest BCUT2D eigenvalue weighted by Gasteiger charge is 2.17. The highest BCUT2D eigenvalue weighted by molar-refractivity contribution is 7.89. The molecule has 29 heavy (non-hydrogen) atoms. The number of hydrogen-bond donors (Lipinski definition) is 3. The molecule has 1 aliphatic rings. The van der Waals surface area contributed by atoms with Gasteiger partial charge in [-0.05, 0) is 56.3 Å². The first kappa shape index (κ1) is 19.6. The molecule has 0 bridgehead atoms. The first-order valence-corrected chi connectivity index (χ1v) is 10.8. The molecule has 0 saturated carbocycles. The lowest BCUT2D eigenvalue weighted by Crippen LogP contribution is -2.34. The molecule has 0 atom stereocenters. The Bertz CT molecular complexity index is 1130. The summed E-state index contributed by atoms with van der Waals surface area (Å²) in [5, 5.41) is 12.3. The summed E-state index contributed by atoms with van der Waals surface area (Å²) in [6, 6.07) is 9.62. The van der Waals surface area contributed by atoms with E-state index in [4.69, 9.17) is 17.7 Å². The molecule has 1 aromatic heterocycles. The van der Waals surface area contributed by atoms with E-state index in [1.165, 1.54) is 12.1 Å². The van der Waals surface area contributed by atoms with Gasteiger partial charge in [-0.15, -0.1) is 0 Å². The summed E-state index contributed by atoms with van der Waals surface area (Å²) in [5.41, 5.74) is 1.88. The van der Waals surface area contributed by atoms with Gasteiger partial charge in [0, 0.05) is 17.3 Å². The number of hydrogen-bond acceptors (Lipinski definition) is 7. The molecule has 4 N–H and O–H groups in total. The summed E-state index contributed by atoms with van der Waals surface area (Å²) in [5.74, 6) is 0.989. The van der Waals surface area contributed by atoms with E-state index in [0.29, 0.717) is 28.4 Å². The molecule has 0 unspecified atom stereocenters. The van der Waals surface area contributed by atoms with Gasteiger partial charge < -0.3 is 15.4 Å². The predicted molar refractivity (Wildman–Crippen MR) is 113 cm³/mol. The van der Waals surface area contributed by atoms with Crippen molar-refractivity contribution in [2.45, 2.75) is 23.8 Å². The van der Waals surface area contributed by atoms with Gasteiger partial charge in [-0.2, -0.15) is 0 Å². The number of anilines is 2. The molecule has 0 amide bonds. The lowest BCUT2D eigenvalue weighted by atomic mass is 9.94. The minimum atomic E-state index is -3.74. The summed E-state index contributed by atoms with van der Waals surface area (Å²) >= 11 is 0. The third-order valence-electron chi connectivity index (χ3n) is 4.69. The van der Waals surface area contributed by atoms with Gasteiger partial charge in [0.25, 0.3) is 0 Å². The summed E-state index contributed by atoms with van der Waals surface area (Å²) in [4.78, 5) is 8.94. The van der Waals surface area contributed by atoms with Gasteiger partial charge in [0.15, 0.2) is 0 Å². The summed E-state index contributed by atoms with van der Waals surface area (Å²) in [6.45, 7) is 1.84. The van der Waals surface area contributed by atoms with Crippen LogP contribution in [0.3, 0.4) is 0 Å². The number of nitrogens with one attached hydrogen (secondary N) is 2. The number of primary sulfonamides is 1. The number of nitrogens with two attached hydrogens (primary N) is 1. The van der Waals surface area contributed by atoms with Crippen LogP contribution in [0.4, 0.5) is 11.6 Å². The van der Waals surface area contributed by atoms with E-state index >= 15 is 0 Å². The van der Waals surface area contributed by atoms with Gasteiger partial charge in [0.1, 0.15) is 25.2 Å². The van der Waals surface area contributed by atoms with Crippen LogP contribution in [0.2, 0.25) is 0 Å². The minimum absolute atomic E-state index is 0.0376. The maximum atomic E-state index is 11.4. The van der Waals surface area contributed by atoms with Crippen LogP contribution in [0.25, 0.3) is 10.9 Å². The Balaban J connectivity index is 1.62. The molecule has 1 fully saturated rings. The van der Waals surface area contributed by atoms with Crippen molar-refractivity contribution >= 4 is 45.9 Å². The van der Waals surface area contributed by atoms with Crippen LogP contribution in [0.1, 0.15) is 12.8 Å². The average Bonchev–Trinajstić information content (AvgIpc) is 2.69. The Kier molecular flexibility index (Phi) is 5.40. The highest BCUT2D eigenvalue weighted by atomic mass is 32.2. The molecule has 4 rings (SSSR count). The van der Waals surface area contributed by atoms with Gasteiger partial charge >= 0.3 is 0 Å². The average molecular weight is 409 g/mol. The Labute approximate surface area is 170 Å². The van der Waals surface area contributed by atoms with Crippen molar-refractivity contribution in [3.63, 3.8) is 0 Å². The summed E-state index contributed by atoms with van der Waals surface area (Å²) < 4.78 is 29.0. The van der Waals surface area contributed by atoms with Gasteiger partial charge in [-0.1, -0.05) is 11.5 Å². The van der Waals surface area contributed by atoms with Crippen LogP contribution in [0, 0.1) is 0 Å². The zero-order chi connectivity index (χ0) is 20.4. The molecule has 3 aromatic rings. The molecule has 0 aliphatic carbocycles. The largest absolute Gasteiger partial charge is 0.488 e. The van der Waals surface area contributed by atoms with Crippen molar-refractivity contribution in [1.29, 1.82) is 0 Å². The second-order valence-corrected chi connectivity index (χ2v) is 8.47. The van der Waals surface area contributed by atoms with E-state index in [1.807, 2.05) is 0 Å². The van der Waals surface area contributed by atoms with E-state index in [1.54, 1.807) is 30.5 Å². The maximum Gasteiger partial charge on any atom is 0.238 e. The molecule has 2 heterocycles. The standard InChI is InChI=1S/C19H20BN5O3S/c20-13-9-12-11-23-19(24-14-1-3-16(4-2-14)29(21,26)27)25-18(12)17(10-13)28-15-5-7-22-8-6-15/h1-4,9-11,15,22H,5-8H2,(H2,21,26,27)(H,23,24,25). The Morgan fingerprint density at radius 2 is 1.90 bits per heavy atom. The van der Waals surface area contributed by atoms with Crippen molar-refractivity contribution in [3.8, 4) is 5.75 Å². The quantitative estimate of drug-likeness (QED) is 0.537. The monoisotopic (exact) mass is 409 g/mol. The van der Waals surface area contributed by atoms with E-state index in [2.05, 4.69) is 20.6 Å². The van der Waals surface area contributed by atoms with Gasteiger partial charge in [-0.3, -0.25) is 0 Å². The van der Waals surface area contributed by atoms with Crippen molar-refractivity contribution < 1.29 is 13.2 Å². The van der Waals surface area contributed by atoms with E-state index < -0.39 is 10.0 Å². The number of sulfonamides is 1. The number of fused-ring (bicyclic) bond motifs is 1. The van der Waals surface area contributed by atoms with Crippen LogP contribution in [0.5, 0.6) is 5.75 Å². The van der Waals surface area contributed by atoms with Gasteiger partial charge in [-0.25, -0.2) is 23.5 Å². The molecule has 148 valence electrons. The molecule has 0 spiro atoms. The number of ether oxygens (including phenoxy) is 1. The van der Waals surface area contributed by atoms with Crippen molar-refractivity contribution in [1.82, 2.24) is 15.3 Å². The Morgan fingerprint density at radius 3 is 2.59 bits per heavy atom. The third-order valence-corrected chi connectivity index (χ3v) is 5.62. The van der Waals surface area contributed by atoms with Crippen molar-refractivity contribution in [2.75, 3.05) is 18.4 Å². The van der Waals surface area contributed by atoms with Crippen molar-refractivity contribution in [2.24, 2.45) is 5.14 Å². The number of piperidine rings is 1. The minimum Gasteiger partial charge on any atom is -0.488 e. The molecule has 1 aliphatic heterocycles. The molecule has 2 aromatic carbocycles. The fourth-order valence-electron chi connectivity index (χ4n) is 3.24. The zero-order valence-electron chi connectivity index (χ0n) is 15.6. The lowest BCUT2D eigenvalue weighted by molar-refractivity contribution is 0.164. The van der Waals surface area contributed by atoms with Crippen LogP contribution >= 0.6 is 0 Å². The summed E-state index contributed by atoms with van der Waals surface area (Å²) in [6.07, 6.45) is 3.62. The molecular weight excluding hydrogens is 389 g/mol. The fourth-order valence-corrected chi connectivity index (χ4v) is 3.75. The first-order valence-electron chi connectivity index (χ1n) is 9.22. The Hall–Kier alpha value is -2.69. The smallest absolute Gasteiger partial charge is 0.238 e. The van der Waals surface area contributed by atoms with Crippen molar-refractivity contribution in [3.05, 3.63) is 42.6 Å². The second-order valence-electron chi connectivity index (χ2n) is 6.91. The van der Waals surface area contributed by atoms with Crippen LogP contribution in [-0.4, -0.2) is 45.4 Å². The zero-order valence-corrected chi connectivity index (χ0v) is 16.4. The SMILES string of the molecule is [B]c1cc(OC2CCNCC2)c2nc(Nc3ccc(S(N)(=O)=O)cc3)ncc2c1. The fraction of sp³-hybridized carbons (Fsp3) is 0.263. The molecule has 2 radical (unpaired) electrons. The normalized spacial score (nSPS) is 15.3. The van der Waals surface area contributed by atoms with Gasteiger partial charge in [0.2, 0.25) is 16.0 Å². The first-order chi connectivity index (χ1) is 13.9. The molecular formula is C19H20BN5O3S. The third kappa shape index (κ3) is 4.66. The molecule has 10 heteroatoms. The maximum absolute atomic E-state index is 11.4. The lowest BCUT2D eigenvalue weighted by Gasteiger charge is -2.24. The van der Waals surface area contributed by atoms with E-state index in [-0.39, 0.29) is 11.0 Å². The highest BCUT2D eigenvalue weighted by Crippen LogP contribution is 2.26. The van der Waals surface area contributed by atoms with Crippen LogP contribution in [-0.2, 0) is 10.0 Å². The number of benzene rings is 2. The second kappa shape index (κ2) is 7.98. The van der Waals surface area contributed by atoms with E-state index in [9.17, 15) is 8.42 Å². The topological polar surface area (TPSA) is 119 Å². The summed E-state index contributed by atoms with van der Waals surface area (Å²) in [7, 11) is 2.28. The predicted octanol–water partition coefficient (Wildman–Crippen LogP) is 0.945. The van der Waals surface area contributed by atoms with Crippen LogP contribution in [0.15, 0.2) is 47.5 Å². The van der Waals surface area contributed by atoms with E-state index in [0.717, 1.165) is 31.3 Å². The Morgan fingerprint density at radius 1 is 1.17 bits per heavy atom. The molecule has 1 saturated heterocycles. The number of rotatable bonds is 5. The number of aromatic nitrogens is 2. The van der Waals surface area contributed by atoms with Crippen LogP contribution < -0.4 is 26.0 Å².